The van der Waals surface area contributed by atoms with Crippen molar-refractivity contribution in [2.75, 3.05) is 0 Å². The first kappa shape index (κ1) is 9.73. The third-order valence-corrected chi connectivity index (χ3v) is 6.69. The summed E-state index contributed by atoms with van der Waals surface area (Å²) in [6.07, 6.45) is 2.56. The summed E-state index contributed by atoms with van der Waals surface area (Å²) in [5.74, 6) is -0.726. The topological polar surface area (TPSA) is 49.3 Å². The molecule has 1 aliphatic heterocycles. The van der Waals surface area contributed by atoms with Gasteiger partial charge >= 0.3 is 5.97 Å². The molecule has 4 heteroatoms. The SMILES string of the molecule is C[C@H](N[Si]1(C)CCCC1)C(=O)O. The van der Waals surface area contributed by atoms with Crippen LogP contribution in [0.15, 0.2) is 0 Å². The Hall–Kier alpha value is -0.353. The Morgan fingerprint density at radius 3 is 2.42 bits per heavy atom. The molecule has 2 N–H and O–H groups in total. The molecule has 0 aromatic carbocycles. The van der Waals surface area contributed by atoms with Crippen LogP contribution in [0.2, 0.25) is 18.6 Å². The van der Waals surface area contributed by atoms with E-state index in [-0.39, 0.29) is 6.04 Å². The average molecular weight is 187 g/mol. The molecule has 0 bridgehead atoms. The number of aliphatic carboxylic acids is 1. The van der Waals surface area contributed by atoms with Gasteiger partial charge in [0.05, 0.1) is 6.04 Å². The number of hydrogen-bond donors (Lipinski definition) is 2. The minimum Gasteiger partial charge on any atom is -0.480 e. The molecule has 0 amide bonds. The van der Waals surface area contributed by atoms with E-state index in [0.29, 0.717) is 0 Å². The first-order valence-electron chi connectivity index (χ1n) is 4.54. The molecule has 1 fully saturated rings. The lowest BCUT2D eigenvalue weighted by Gasteiger charge is -2.25. The van der Waals surface area contributed by atoms with Crippen LogP contribution in [0.4, 0.5) is 0 Å². The Morgan fingerprint density at radius 1 is 1.50 bits per heavy atom. The van der Waals surface area contributed by atoms with Gasteiger partial charge in [-0.3, -0.25) is 4.79 Å². The van der Waals surface area contributed by atoms with Crippen LogP contribution < -0.4 is 4.98 Å². The van der Waals surface area contributed by atoms with E-state index in [1.807, 2.05) is 0 Å². The molecule has 12 heavy (non-hydrogen) atoms. The fraction of sp³-hybridized carbons (Fsp3) is 0.875. The number of carboxylic acid groups (broad SMARTS) is 1. The maximum atomic E-state index is 10.6. The third-order valence-electron chi connectivity index (χ3n) is 2.64. The van der Waals surface area contributed by atoms with E-state index in [4.69, 9.17) is 5.11 Å². The zero-order valence-corrected chi connectivity index (χ0v) is 8.76. The molecule has 3 nitrogen and oxygen atoms in total. The summed E-state index contributed by atoms with van der Waals surface area (Å²) < 4.78 is 0. The van der Waals surface area contributed by atoms with E-state index in [2.05, 4.69) is 11.5 Å². The van der Waals surface area contributed by atoms with Crippen LogP contribution in [-0.4, -0.2) is 25.4 Å². The quantitative estimate of drug-likeness (QED) is 0.657. The summed E-state index contributed by atoms with van der Waals surface area (Å²) in [7, 11) is -1.34. The fourth-order valence-electron chi connectivity index (χ4n) is 1.88. The van der Waals surface area contributed by atoms with Gasteiger partial charge in [0.1, 0.15) is 8.24 Å². The van der Waals surface area contributed by atoms with E-state index in [1.54, 1.807) is 6.92 Å². The van der Waals surface area contributed by atoms with Gasteiger partial charge in [-0.05, 0) is 19.0 Å². The predicted molar refractivity (Wildman–Crippen MR) is 50.7 cm³/mol. The van der Waals surface area contributed by atoms with Crippen LogP contribution >= 0.6 is 0 Å². The molecular weight excluding hydrogens is 170 g/mol. The van der Waals surface area contributed by atoms with Crippen LogP contribution in [0.5, 0.6) is 0 Å². The largest absolute Gasteiger partial charge is 0.480 e. The molecule has 0 spiro atoms. The Balaban J connectivity index is 2.43. The summed E-state index contributed by atoms with van der Waals surface area (Å²) in [5.41, 5.74) is 0. The van der Waals surface area contributed by atoms with Crippen molar-refractivity contribution in [3.8, 4) is 0 Å². The number of nitrogens with one attached hydrogen (secondary N) is 1. The van der Waals surface area contributed by atoms with Crippen LogP contribution in [0, 0.1) is 0 Å². The van der Waals surface area contributed by atoms with Crippen molar-refractivity contribution in [2.24, 2.45) is 0 Å². The Labute approximate surface area is 74.3 Å². The van der Waals surface area contributed by atoms with Crippen molar-refractivity contribution in [2.45, 2.75) is 44.4 Å². The van der Waals surface area contributed by atoms with E-state index in [1.165, 1.54) is 24.9 Å². The average Bonchev–Trinajstić information content (AvgIpc) is 2.35. The minimum absolute atomic E-state index is 0.361. The lowest BCUT2D eigenvalue weighted by atomic mass is 10.4. The van der Waals surface area contributed by atoms with Gasteiger partial charge < -0.3 is 10.1 Å². The van der Waals surface area contributed by atoms with Crippen molar-refractivity contribution in [1.82, 2.24) is 4.98 Å². The molecule has 1 rings (SSSR count). The molecule has 1 heterocycles. The third kappa shape index (κ3) is 2.32. The standard InChI is InChI=1S/C8H17NO2Si/c1-7(8(10)11)9-12(2)5-3-4-6-12/h7,9H,3-6H2,1-2H3,(H,10,11)/t7-/m0/s1. The molecule has 0 unspecified atom stereocenters. The second-order valence-corrected chi connectivity index (χ2v) is 8.38. The predicted octanol–water partition coefficient (Wildman–Crippen LogP) is 1.42. The highest BCUT2D eigenvalue weighted by Crippen LogP contribution is 2.27. The van der Waals surface area contributed by atoms with Crippen LogP contribution in [0.1, 0.15) is 19.8 Å². The van der Waals surface area contributed by atoms with Crippen LogP contribution in [-0.2, 0) is 4.79 Å². The van der Waals surface area contributed by atoms with E-state index < -0.39 is 14.2 Å². The molecule has 1 aliphatic rings. The zero-order valence-electron chi connectivity index (χ0n) is 7.76. The second kappa shape index (κ2) is 3.58. The summed E-state index contributed by atoms with van der Waals surface area (Å²) in [6, 6.07) is 2.12. The van der Waals surface area contributed by atoms with E-state index in [9.17, 15) is 4.79 Å². The van der Waals surface area contributed by atoms with E-state index >= 15 is 0 Å². The highest BCUT2D eigenvalue weighted by atomic mass is 28.3. The summed E-state index contributed by atoms with van der Waals surface area (Å²) in [5, 5.41) is 8.72. The van der Waals surface area contributed by atoms with Crippen molar-refractivity contribution in [1.29, 1.82) is 0 Å². The van der Waals surface area contributed by atoms with Gasteiger partial charge in [-0.2, -0.15) is 0 Å². The molecule has 0 radical (unpaired) electrons. The monoisotopic (exact) mass is 187 g/mol. The molecule has 70 valence electrons. The number of carbonyl (C=O) groups is 1. The molecule has 1 saturated heterocycles. The second-order valence-electron chi connectivity index (χ2n) is 3.97. The van der Waals surface area contributed by atoms with Gasteiger partial charge in [-0.1, -0.05) is 19.4 Å². The zero-order chi connectivity index (χ0) is 9.19. The van der Waals surface area contributed by atoms with Gasteiger partial charge in [0.2, 0.25) is 0 Å². The first-order chi connectivity index (χ1) is 5.53. The lowest BCUT2D eigenvalue weighted by molar-refractivity contribution is -0.138. The van der Waals surface area contributed by atoms with Crippen LogP contribution in [0.25, 0.3) is 0 Å². The minimum atomic E-state index is -1.34. The number of rotatable bonds is 3. The molecule has 0 aromatic heterocycles. The summed E-state index contributed by atoms with van der Waals surface area (Å²) >= 11 is 0. The van der Waals surface area contributed by atoms with Crippen LogP contribution in [0.3, 0.4) is 0 Å². The van der Waals surface area contributed by atoms with Gasteiger partial charge in [-0.25, -0.2) is 0 Å². The van der Waals surface area contributed by atoms with Gasteiger partial charge in [0, 0.05) is 0 Å². The smallest absolute Gasteiger partial charge is 0.319 e. The van der Waals surface area contributed by atoms with Crippen molar-refractivity contribution in [3.05, 3.63) is 0 Å². The Morgan fingerprint density at radius 2 is 2.00 bits per heavy atom. The number of carboxylic acids is 1. The molecule has 0 aliphatic carbocycles. The molecule has 1 atom stereocenters. The number of hydrogen-bond acceptors (Lipinski definition) is 2. The first-order valence-corrected chi connectivity index (χ1v) is 7.45. The summed E-state index contributed by atoms with van der Waals surface area (Å²) in [4.78, 5) is 13.9. The van der Waals surface area contributed by atoms with Gasteiger partial charge in [-0.15, -0.1) is 0 Å². The summed E-state index contributed by atoms with van der Waals surface area (Å²) in [6.45, 7) is 3.98. The lowest BCUT2D eigenvalue weighted by Crippen LogP contribution is -2.52. The fourth-order valence-corrected chi connectivity index (χ4v) is 5.65. The van der Waals surface area contributed by atoms with Crippen molar-refractivity contribution < 1.29 is 9.90 Å². The normalized spacial score (nSPS) is 23.8. The Bertz CT molecular complexity index is 178. The molecule has 0 aromatic rings. The maximum Gasteiger partial charge on any atom is 0.319 e. The van der Waals surface area contributed by atoms with Crippen molar-refractivity contribution in [3.63, 3.8) is 0 Å². The van der Waals surface area contributed by atoms with Crippen molar-refractivity contribution >= 4 is 14.2 Å². The maximum absolute atomic E-state index is 10.6. The highest BCUT2D eigenvalue weighted by molar-refractivity contribution is 6.77. The van der Waals surface area contributed by atoms with E-state index in [0.717, 1.165) is 0 Å². The van der Waals surface area contributed by atoms with Gasteiger partial charge in [0.15, 0.2) is 0 Å². The molecule has 0 saturated carbocycles. The highest BCUT2D eigenvalue weighted by Gasteiger charge is 2.33. The van der Waals surface area contributed by atoms with Gasteiger partial charge in [0.25, 0.3) is 0 Å². The molecular formula is C8H17NO2Si. The Kier molecular flexibility index (Phi) is 2.90.